The van der Waals surface area contributed by atoms with Gasteiger partial charge in [-0.15, -0.1) is 0 Å². The predicted molar refractivity (Wildman–Crippen MR) is 109 cm³/mol. The smallest absolute Gasteiger partial charge is 0.150 e. The molecule has 0 radical (unpaired) electrons. The van der Waals surface area contributed by atoms with Crippen LogP contribution in [0, 0.1) is 3.57 Å². The van der Waals surface area contributed by atoms with Crippen LogP contribution >= 0.6 is 35.4 Å². The molecule has 4 rings (SSSR count). The molecule has 3 heterocycles. The second-order valence-electron chi connectivity index (χ2n) is 6.97. The number of rotatable bonds is 2. The summed E-state index contributed by atoms with van der Waals surface area (Å²) >= 11 is 6.82. The van der Waals surface area contributed by atoms with Crippen molar-refractivity contribution in [1.82, 2.24) is 13.9 Å². The van der Waals surface area contributed by atoms with Gasteiger partial charge in [0.1, 0.15) is 0 Å². The molecule has 0 N–H and O–H groups in total. The first-order valence-corrected chi connectivity index (χ1v) is 10.4. The van der Waals surface area contributed by atoms with Crippen LogP contribution < -0.4 is 0 Å². The van der Waals surface area contributed by atoms with Crippen LogP contribution in [-0.4, -0.2) is 46.2 Å². The number of fused-ring (bicyclic) bond motifs is 1. The maximum atomic E-state index is 5.60. The molecule has 1 aliphatic carbocycles. The summed E-state index contributed by atoms with van der Waals surface area (Å²) in [7, 11) is 0. The van der Waals surface area contributed by atoms with E-state index in [1.807, 2.05) is 10.2 Å². The Kier molecular flexibility index (Phi) is 5.36. The Morgan fingerprint density at radius 2 is 2.00 bits per heavy atom. The summed E-state index contributed by atoms with van der Waals surface area (Å²) < 4.78 is 8.65. The molecule has 0 atom stereocenters. The van der Waals surface area contributed by atoms with Crippen LogP contribution in [0.25, 0.3) is 11.0 Å². The first kappa shape index (κ1) is 17.1. The molecule has 2 aliphatic rings. The van der Waals surface area contributed by atoms with E-state index in [4.69, 9.17) is 4.74 Å². The van der Waals surface area contributed by atoms with Gasteiger partial charge in [0.15, 0.2) is 5.65 Å². The van der Waals surface area contributed by atoms with Crippen molar-refractivity contribution in [1.29, 1.82) is 0 Å². The Morgan fingerprint density at radius 1 is 1.17 bits per heavy atom. The lowest BCUT2D eigenvalue weighted by molar-refractivity contribution is 0.118. The minimum Gasteiger partial charge on any atom is -0.380 e. The van der Waals surface area contributed by atoms with Crippen LogP contribution in [0.2, 0.25) is 0 Å². The van der Waals surface area contributed by atoms with Gasteiger partial charge in [0.2, 0.25) is 0 Å². The first-order chi connectivity index (χ1) is 11.7. The van der Waals surface area contributed by atoms with Crippen molar-refractivity contribution in [3.8, 4) is 0 Å². The Bertz CT molecular complexity index is 704. The molecule has 0 spiro atoms. The zero-order valence-corrected chi connectivity index (χ0v) is 16.9. The molecular weight excluding hydrogens is 433 g/mol. The summed E-state index contributed by atoms with van der Waals surface area (Å²) in [6, 6.07) is 3.08. The molecule has 2 fully saturated rings. The van der Waals surface area contributed by atoms with E-state index in [0.29, 0.717) is 5.92 Å². The zero-order chi connectivity index (χ0) is 16.5. The van der Waals surface area contributed by atoms with Crippen molar-refractivity contribution in [2.75, 3.05) is 26.3 Å². The predicted octanol–water partition coefficient (Wildman–Crippen LogP) is 4.08. The van der Waals surface area contributed by atoms with Gasteiger partial charge in [-0.1, -0.05) is 12.8 Å². The number of aromatic nitrogens is 2. The van der Waals surface area contributed by atoms with Gasteiger partial charge in [0, 0.05) is 47.1 Å². The van der Waals surface area contributed by atoms with E-state index in [1.165, 1.54) is 53.2 Å². The van der Waals surface area contributed by atoms with E-state index in [2.05, 4.69) is 57.6 Å². The van der Waals surface area contributed by atoms with E-state index >= 15 is 0 Å². The van der Waals surface area contributed by atoms with Gasteiger partial charge in [0.05, 0.1) is 6.61 Å². The Labute approximate surface area is 162 Å². The van der Waals surface area contributed by atoms with E-state index in [1.54, 1.807) is 0 Å². The van der Waals surface area contributed by atoms with Crippen molar-refractivity contribution in [3.05, 3.63) is 27.6 Å². The van der Waals surface area contributed by atoms with Crippen molar-refractivity contribution in [2.24, 2.45) is 0 Å². The molecule has 1 saturated carbocycles. The van der Waals surface area contributed by atoms with Crippen LogP contribution in [0.1, 0.15) is 43.6 Å². The minimum atomic E-state index is 0.653. The summed E-state index contributed by atoms with van der Waals surface area (Å²) in [4.78, 5) is 7.31. The van der Waals surface area contributed by atoms with E-state index in [-0.39, 0.29) is 0 Å². The second-order valence-corrected chi connectivity index (χ2v) is 8.56. The van der Waals surface area contributed by atoms with Crippen LogP contribution in [0.3, 0.4) is 0 Å². The summed E-state index contributed by atoms with van der Waals surface area (Å²) in [6.45, 7) is 4.15. The number of hydrogen-bond acceptors (Lipinski definition) is 4. The van der Waals surface area contributed by atoms with Crippen molar-refractivity contribution in [3.63, 3.8) is 0 Å². The lowest BCUT2D eigenvalue weighted by atomic mass is 9.81. The fourth-order valence-electron chi connectivity index (χ4n) is 4.20. The quantitative estimate of drug-likeness (QED) is 0.545. The average molecular weight is 457 g/mol. The van der Waals surface area contributed by atoms with E-state index in [9.17, 15) is 0 Å². The Hall–Kier alpha value is -0.310. The monoisotopic (exact) mass is 457 g/mol. The third-order valence-corrected chi connectivity index (χ3v) is 6.70. The number of pyridine rings is 1. The van der Waals surface area contributed by atoms with Crippen LogP contribution in [0.4, 0.5) is 0 Å². The van der Waals surface area contributed by atoms with E-state index in [0.717, 1.165) is 31.4 Å². The van der Waals surface area contributed by atoms with Crippen molar-refractivity contribution in [2.45, 2.75) is 44.1 Å². The molecule has 4 nitrogen and oxygen atoms in total. The summed E-state index contributed by atoms with van der Waals surface area (Å²) in [5.74, 6) is 0.653. The number of thiol groups is 1. The molecule has 6 heteroatoms. The molecule has 0 aromatic carbocycles. The highest BCUT2D eigenvalue weighted by molar-refractivity contribution is 14.1. The molecule has 1 saturated heterocycles. The number of nitrogens with zero attached hydrogens (tertiary/aromatic N) is 3. The number of ether oxygens (including phenoxy) is 1. The summed E-state index contributed by atoms with van der Waals surface area (Å²) in [5.41, 5.74) is 2.36. The lowest BCUT2D eigenvalue weighted by Crippen LogP contribution is -2.39. The molecule has 24 heavy (non-hydrogen) atoms. The van der Waals surface area contributed by atoms with Gasteiger partial charge in [-0.3, -0.25) is 8.87 Å². The number of hydrogen-bond donors (Lipinski definition) is 1. The molecule has 130 valence electrons. The zero-order valence-electron chi connectivity index (χ0n) is 13.8. The first-order valence-electron chi connectivity index (χ1n) is 8.90. The highest BCUT2D eigenvalue weighted by Gasteiger charge is 2.27. The van der Waals surface area contributed by atoms with Crippen molar-refractivity contribution >= 4 is 46.4 Å². The van der Waals surface area contributed by atoms with Gasteiger partial charge < -0.3 is 4.74 Å². The molecule has 1 aliphatic heterocycles. The van der Waals surface area contributed by atoms with E-state index < -0.39 is 0 Å². The molecular formula is C18H24IN3OS. The van der Waals surface area contributed by atoms with Crippen LogP contribution in [0.5, 0.6) is 0 Å². The van der Waals surface area contributed by atoms with Crippen molar-refractivity contribution < 1.29 is 4.74 Å². The molecule has 0 bridgehead atoms. The third-order valence-electron chi connectivity index (χ3n) is 5.54. The maximum Gasteiger partial charge on any atom is 0.150 e. The van der Waals surface area contributed by atoms with Gasteiger partial charge in [-0.05, 0) is 72.2 Å². The van der Waals surface area contributed by atoms with Gasteiger partial charge >= 0.3 is 0 Å². The standard InChI is InChI=1S/C18H24IN3OS/c19-17-12-22(24)18-16(17)10-14(11-20-18)13-2-4-15(5-3-13)21-6-1-8-23-9-7-21/h10-13,15,24H,1-9H2/t13-,15-. The molecule has 2 aromatic heterocycles. The average Bonchev–Trinajstić information content (AvgIpc) is 2.81. The Balaban J connectivity index is 1.44. The second kappa shape index (κ2) is 7.51. The van der Waals surface area contributed by atoms with Crippen LogP contribution in [0.15, 0.2) is 18.5 Å². The fraction of sp³-hybridized carbons (Fsp3) is 0.611. The fourth-order valence-corrected chi connectivity index (χ4v) is 5.37. The minimum absolute atomic E-state index is 0.653. The van der Waals surface area contributed by atoms with Crippen LogP contribution in [-0.2, 0) is 4.74 Å². The highest BCUT2D eigenvalue weighted by atomic mass is 127. The topological polar surface area (TPSA) is 30.3 Å². The van der Waals surface area contributed by atoms with Gasteiger partial charge in [-0.2, -0.15) is 0 Å². The third kappa shape index (κ3) is 3.48. The molecule has 2 aromatic rings. The van der Waals surface area contributed by atoms with Gasteiger partial charge in [-0.25, -0.2) is 4.98 Å². The normalized spacial score (nSPS) is 26.6. The SMILES string of the molecule is Sn1cc(I)c2cc([C@H]3CC[C@H](N4CCCOCC4)CC3)cnc21. The summed E-state index contributed by atoms with van der Waals surface area (Å²) in [5, 5.41) is 1.23. The highest BCUT2D eigenvalue weighted by Crippen LogP contribution is 2.36. The summed E-state index contributed by atoms with van der Waals surface area (Å²) in [6.07, 6.45) is 10.4. The van der Waals surface area contributed by atoms with Gasteiger partial charge in [0.25, 0.3) is 0 Å². The lowest BCUT2D eigenvalue weighted by Gasteiger charge is -2.36. The Morgan fingerprint density at radius 3 is 2.83 bits per heavy atom. The molecule has 0 unspecified atom stereocenters. The maximum absolute atomic E-state index is 5.60. The largest absolute Gasteiger partial charge is 0.380 e. The molecule has 0 amide bonds. The number of halogens is 1.